The Hall–Kier alpha value is -3.35. The second-order valence-electron chi connectivity index (χ2n) is 5.35. The fourth-order valence-corrected chi connectivity index (χ4v) is 2.26. The molecule has 0 saturated heterocycles. The van der Waals surface area contributed by atoms with Crippen molar-refractivity contribution in [1.82, 2.24) is 0 Å². The lowest BCUT2D eigenvalue weighted by molar-refractivity contribution is -0.140. The van der Waals surface area contributed by atoms with Gasteiger partial charge in [-0.05, 0) is 36.4 Å². The minimum Gasteiger partial charge on any atom is -0.490 e. The predicted molar refractivity (Wildman–Crippen MR) is 90.9 cm³/mol. The fourth-order valence-electron chi connectivity index (χ4n) is 2.26. The smallest absolute Gasteiger partial charge is 0.347 e. The van der Waals surface area contributed by atoms with Crippen LogP contribution in [0.4, 0.5) is 10.1 Å². The van der Waals surface area contributed by atoms with E-state index in [-0.39, 0.29) is 37.1 Å². The number of ether oxygens (including phenoxy) is 3. The number of nitrogens with one attached hydrogen (secondary N) is 1. The molecule has 0 aliphatic carbocycles. The van der Waals surface area contributed by atoms with Crippen LogP contribution in [0.5, 0.6) is 5.75 Å². The zero-order chi connectivity index (χ0) is 18.4. The van der Waals surface area contributed by atoms with Crippen LogP contribution in [-0.4, -0.2) is 31.6 Å². The van der Waals surface area contributed by atoms with Crippen LogP contribution in [0, 0.1) is 5.82 Å². The summed E-state index contributed by atoms with van der Waals surface area (Å²) in [6, 6.07) is 14.5. The molecule has 0 saturated carbocycles. The van der Waals surface area contributed by atoms with E-state index in [1.807, 2.05) is 18.2 Å². The van der Waals surface area contributed by atoms with Gasteiger partial charge in [0.05, 0.1) is 0 Å². The zero-order valence-corrected chi connectivity index (χ0v) is 13.7. The van der Waals surface area contributed by atoms with Crippen molar-refractivity contribution in [1.29, 1.82) is 0 Å². The number of esters is 1. The van der Waals surface area contributed by atoms with Gasteiger partial charge in [0, 0.05) is 5.69 Å². The van der Waals surface area contributed by atoms with Crippen LogP contribution in [0.3, 0.4) is 0 Å². The summed E-state index contributed by atoms with van der Waals surface area (Å²) < 4.78 is 28.4. The van der Waals surface area contributed by atoms with Crippen molar-refractivity contribution >= 4 is 17.4 Å². The summed E-state index contributed by atoms with van der Waals surface area (Å²) >= 11 is 0. The van der Waals surface area contributed by atoms with Crippen molar-refractivity contribution in [2.75, 3.05) is 25.1 Å². The first-order valence-electron chi connectivity index (χ1n) is 7.91. The number of rotatable bonds is 7. The van der Waals surface area contributed by atoms with Crippen LogP contribution in [-0.2, 0) is 19.1 Å². The third-order valence-electron chi connectivity index (χ3n) is 3.49. The van der Waals surface area contributed by atoms with Crippen LogP contribution in [0.1, 0.15) is 0 Å². The molecule has 0 amide bonds. The van der Waals surface area contributed by atoms with Crippen molar-refractivity contribution in [3.8, 4) is 5.75 Å². The monoisotopic (exact) mass is 357 g/mol. The molecule has 0 spiro atoms. The van der Waals surface area contributed by atoms with Gasteiger partial charge >= 0.3 is 5.97 Å². The molecule has 26 heavy (non-hydrogen) atoms. The number of benzene rings is 2. The summed E-state index contributed by atoms with van der Waals surface area (Å²) in [5.41, 5.74) is 0.526. The molecule has 6 nitrogen and oxygen atoms in total. The molecule has 1 heterocycles. The molecule has 134 valence electrons. The number of ketones is 1. The van der Waals surface area contributed by atoms with E-state index in [4.69, 9.17) is 14.2 Å². The topological polar surface area (TPSA) is 73.9 Å². The lowest BCUT2D eigenvalue weighted by atomic mass is 10.2. The van der Waals surface area contributed by atoms with Crippen molar-refractivity contribution in [2.24, 2.45) is 0 Å². The maximum absolute atomic E-state index is 12.8. The van der Waals surface area contributed by atoms with Gasteiger partial charge in [-0.1, -0.05) is 18.2 Å². The molecular formula is C19H16FNO5. The maximum Gasteiger partial charge on any atom is 0.347 e. The lowest BCUT2D eigenvalue weighted by Gasteiger charge is -2.09. The quantitative estimate of drug-likeness (QED) is 0.467. The van der Waals surface area contributed by atoms with Gasteiger partial charge in [-0.25, -0.2) is 9.18 Å². The van der Waals surface area contributed by atoms with E-state index < -0.39 is 11.8 Å². The van der Waals surface area contributed by atoms with E-state index in [2.05, 4.69) is 5.32 Å². The second-order valence-corrected chi connectivity index (χ2v) is 5.35. The second kappa shape index (κ2) is 8.15. The summed E-state index contributed by atoms with van der Waals surface area (Å²) in [6.45, 7) is -0.210. The predicted octanol–water partition coefficient (Wildman–Crippen LogP) is 2.67. The largest absolute Gasteiger partial charge is 0.490 e. The van der Waals surface area contributed by atoms with Crippen LogP contribution in [0.15, 0.2) is 66.1 Å². The number of carbonyl (C=O) groups is 2. The molecule has 0 atom stereocenters. The van der Waals surface area contributed by atoms with Gasteiger partial charge in [0.2, 0.25) is 11.7 Å². The zero-order valence-electron chi connectivity index (χ0n) is 13.7. The molecule has 0 bridgehead atoms. The molecule has 1 N–H and O–H groups in total. The highest BCUT2D eigenvalue weighted by Crippen LogP contribution is 2.20. The van der Waals surface area contributed by atoms with Gasteiger partial charge in [0.1, 0.15) is 24.8 Å². The summed E-state index contributed by atoms with van der Waals surface area (Å²) in [6.07, 6.45) is 0. The average Bonchev–Trinajstić information content (AvgIpc) is 3.01. The van der Waals surface area contributed by atoms with E-state index in [1.54, 1.807) is 12.1 Å². The Balaban J connectivity index is 1.55. The number of anilines is 1. The summed E-state index contributed by atoms with van der Waals surface area (Å²) in [5.74, 6) is -1.07. The first kappa shape index (κ1) is 17.5. The average molecular weight is 357 g/mol. The van der Waals surface area contributed by atoms with Gasteiger partial charge in [0.15, 0.2) is 12.2 Å². The van der Waals surface area contributed by atoms with E-state index in [9.17, 15) is 14.0 Å². The van der Waals surface area contributed by atoms with E-state index in [1.165, 1.54) is 24.3 Å². The van der Waals surface area contributed by atoms with E-state index >= 15 is 0 Å². The standard InChI is InChI=1S/C19H16FNO5/c20-13-6-8-15(9-7-13)24-10-11-25-19(23)17-16(22)12-26-18(17)21-14-4-2-1-3-5-14/h1-9,21H,10-12H2. The minimum absolute atomic E-state index is 0.0639. The molecule has 3 rings (SSSR count). The molecule has 0 fully saturated rings. The van der Waals surface area contributed by atoms with Crippen molar-refractivity contribution in [3.63, 3.8) is 0 Å². The van der Waals surface area contributed by atoms with Crippen molar-refractivity contribution in [3.05, 3.63) is 71.9 Å². The van der Waals surface area contributed by atoms with E-state index in [0.717, 1.165) is 0 Å². The Bertz CT molecular complexity index is 818. The summed E-state index contributed by atoms with van der Waals surface area (Å²) in [4.78, 5) is 24.1. The third kappa shape index (κ3) is 4.38. The van der Waals surface area contributed by atoms with E-state index in [0.29, 0.717) is 11.4 Å². The third-order valence-corrected chi connectivity index (χ3v) is 3.49. The molecule has 0 radical (unpaired) electrons. The maximum atomic E-state index is 12.8. The van der Waals surface area contributed by atoms with Gasteiger partial charge in [-0.15, -0.1) is 0 Å². The van der Waals surface area contributed by atoms with Crippen molar-refractivity contribution < 1.29 is 28.2 Å². The fraction of sp³-hybridized carbons (Fsp3) is 0.158. The molecule has 0 aromatic heterocycles. The molecule has 2 aromatic rings. The highest BCUT2D eigenvalue weighted by Gasteiger charge is 2.32. The Morgan fingerprint density at radius 2 is 1.81 bits per heavy atom. The normalized spacial score (nSPS) is 13.3. The first-order valence-corrected chi connectivity index (χ1v) is 7.91. The van der Waals surface area contributed by atoms with Crippen LogP contribution >= 0.6 is 0 Å². The highest BCUT2D eigenvalue weighted by molar-refractivity contribution is 6.19. The Morgan fingerprint density at radius 1 is 1.08 bits per heavy atom. The Kier molecular flexibility index (Phi) is 5.48. The molecule has 1 aliphatic heterocycles. The molecule has 1 aliphatic rings. The van der Waals surface area contributed by atoms with Gasteiger partial charge in [-0.3, -0.25) is 4.79 Å². The molecule has 2 aromatic carbocycles. The number of carbonyl (C=O) groups excluding carboxylic acids is 2. The molecule has 0 unspecified atom stereocenters. The van der Waals surface area contributed by atoms with Crippen molar-refractivity contribution in [2.45, 2.75) is 0 Å². The highest BCUT2D eigenvalue weighted by atomic mass is 19.1. The molecular weight excluding hydrogens is 341 g/mol. The first-order chi connectivity index (χ1) is 12.6. The summed E-state index contributed by atoms with van der Waals surface area (Å²) in [5, 5.41) is 2.89. The van der Waals surface area contributed by atoms with Crippen LogP contribution in [0.2, 0.25) is 0 Å². The Labute approximate surface area is 149 Å². The van der Waals surface area contributed by atoms with Gasteiger partial charge < -0.3 is 19.5 Å². The number of halogens is 1. The molecule has 7 heteroatoms. The Morgan fingerprint density at radius 3 is 2.54 bits per heavy atom. The van der Waals surface area contributed by atoms with Gasteiger partial charge in [-0.2, -0.15) is 0 Å². The van der Waals surface area contributed by atoms with Gasteiger partial charge in [0.25, 0.3) is 0 Å². The number of Topliss-reactive ketones (excluding diaryl/α,β-unsaturated/α-hetero) is 1. The SMILES string of the molecule is O=C1COC(Nc2ccccc2)=C1C(=O)OCCOc1ccc(F)cc1. The lowest BCUT2D eigenvalue weighted by Crippen LogP contribution is -2.19. The number of hydrogen-bond donors (Lipinski definition) is 1. The number of para-hydroxylation sites is 1. The summed E-state index contributed by atoms with van der Waals surface area (Å²) in [7, 11) is 0. The number of hydrogen-bond acceptors (Lipinski definition) is 6. The van der Waals surface area contributed by atoms with Crippen LogP contribution in [0.25, 0.3) is 0 Å². The minimum atomic E-state index is -0.784. The van der Waals surface area contributed by atoms with Crippen LogP contribution < -0.4 is 10.1 Å².